The van der Waals surface area contributed by atoms with E-state index in [1.165, 1.54) is 0 Å². The molecular formula is C16H16O. The largest absolute Gasteiger partial charge is 0.508 e. The third-order valence-corrected chi connectivity index (χ3v) is 3.00. The van der Waals surface area contributed by atoms with Gasteiger partial charge in [-0.1, -0.05) is 36.9 Å². The summed E-state index contributed by atoms with van der Waals surface area (Å²) in [6, 6.07) is 12.1. The Bertz CT molecular complexity index is 550. The van der Waals surface area contributed by atoms with Crippen molar-refractivity contribution in [1.82, 2.24) is 0 Å². The molecule has 0 spiro atoms. The maximum Gasteiger partial charge on any atom is 0.118 e. The lowest BCUT2D eigenvalue weighted by molar-refractivity contribution is 0.471. The maximum absolute atomic E-state index is 9.64. The average Bonchev–Trinajstić information content (AvgIpc) is 2.34. The van der Waals surface area contributed by atoms with E-state index in [2.05, 4.69) is 18.7 Å². The van der Waals surface area contributed by atoms with E-state index >= 15 is 0 Å². The fourth-order valence-electron chi connectivity index (χ4n) is 1.91. The van der Waals surface area contributed by atoms with Crippen LogP contribution in [-0.4, -0.2) is 5.11 Å². The van der Waals surface area contributed by atoms with Crippen molar-refractivity contribution in [2.24, 2.45) is 0 Å². The molecule has 0 atom stereocenters. The Morgan fingerprint density at radius 1 is 1.00 bits per heavy atom. The molecule has 2 aromatic carbocycles. The monoisotopic (exact) mass is 224 g/mol. The van der Waals surface area contributed by atoms with Crippen molar-refractivity contribution >= 4 is 6.08 Å². The Morgan fingerprint density at radius 3 is 2.24 bits per heavy atom. The third kappa shape index (κ3) is 2.23. The highest BCUT2D eigenvalue weighted by molar-refractivity contribution is 5.70. The van der Waals surface area contributed by atoms with E-state index in [0.717, 1.165) is 27.8 Å². The Morgan fingerprint density at radius 2 is 1.65 bits per heavy atom. The molecule has 0 aliphatic rings. The molecule has 0 aliphatic carbocycles. The minimum absolute atomic E-state index is 0.356. The number of phenols is 1. The molecule has 1 N–H and O–H groups in total. The van der Waals surface area contributed by atoms with E-state index in [9.17, 15) is 5.11 Å². The van der Waals surface area contributed by atoms with Crippen molar-refractivity contribution in [1.29, 1.82) is 0 Å². The molecule has 2 aromatic rings. The molecule has 0 bridgehead atoms. The van der Waals surface area contributed by atoms with E-state index in [-0.39, 0.29) is 0 Å². The number of aromatic hydroxyl groups is 1. The van der Waals surface area contributed by atoms with Gasteiger partial charge in [-0.25, -0.2) is 0 Å². The molecule has 0 unspecified atom stereocenters. The third-order valence-electron chi connectivity index (χ3n) is 3.00. The van der Waals surface area contributed by atoms with Crippen LogP contribution in [0.3, 0.4) is 0 Å². The fraction of sp³-hybridized carbons (Fsp3) is 0.125. The first-order valence-corrected chi connectivity index (χ1v) is 5.65. The summed E-state index contributed by atoms with van der Waals surface area (Å²) in [5.74, 6) is 0.356. The molecule has 0 radical (unpaired) electrons. The van der Waals surface area contributed by atoms with E-state index < -0.39 is 0 Å². The van der Waals surface area contributed by atoms with Crippen molar-refractivity contribution in [3.8, 4) is 16.9 Å². The summed E-state index contributed by atoms with van der Waals surface area (Å²) in [5.41, 5.74) is 5.42. The van der Waals surface area contributed by atoms with Crippen molar-refractivity contribution in [3.63, 3.8) is 0 Å². The van der Waals surface area contributed by atoms with Crippen LogP contribution in [0.2, 0.25) is 0 Å². The predicted molar refractivity (Wildman–Crippen MR) is 73.1 cm³/mol. The minimum Gasteiger partial charge on any atom is -0.508 e. The van der Waals surface area contributed by atoms with Gasteiger partial charge in [0.05, 0.1) is 0 Å². The number of benzene rings is 2. The molecule has 0 amide bonds. The van der Waals surface area contributed by atoms with E-state index in [0.29, 0.717) is 5.75 Å². The molecule has 86 valence electrons. The molecule has 1 nitrogen and oxygen atoms in total. The summed E-state index contributed by atoms with van der Waals surface area (Å²) in [6.45, 7) is 7.67. The van der Waals surface area contributed by atoms with Crippen molar-refractivity contribution in [2.45, 2.75) is 13.8 Å². The summed E-state index contributed by atoms with van der Waals surface area (Å²) in [7, 11) is 0. The quantitative estimate of drug-likeness (QED) is 0.805. The van der Waals surface area contributed by atoms with Gasteiger partial charge >= 0.3 is 0 Å². The standard InChI is InChI=1S/C16H16O/c1-4-13-5-7-14(8-6-13)15-9-12(3)16(17)10-11(15)2/h4-10,17H,1H2,2-3H3. The Labute approximate surface area is 102 Å². The van der Waals surface area contributed by atoms with Gasteiger partial charge in [-0.05, 0) is 53.8 Å². The van der Waals surface area contributed by atoms with Crippen molar-refractivity contribution in [3.05, 3.63) is 59.7 Å². The van der Waals surface area contributed by atoms with Crippen molar-refractivity contribution in [2.75, 3.05) is 0 Å². The first-order chi connectivity index (χ1) is 8.11. The highest BCUT2D eigenvalue weighted by atomic mass is 16.3. The molecule has 2 rings (SSSR count). The predicted octanol–water partition coefficient (Wildman–Crippen LogP) is 4.32. The van der Waals surface area contributed by atoms with Crippen LogP contribution in [0.5, 0.6) is 5.75 Å². The maximum atomic E-state index is 9.64. The fourth-order valence-corrected chi connectivity index (χ4v) is 1.91. The number of hydrogen-bond acceptors (Lipinski definition) is 1. The second-order valence-corrected chi connectivity index (χ2v) is 4.28. The van der Waals surface area contributed by atoms with Gasteiger partial charge in [0.1, 0.15) is 5.75 Å². The van der Waals surface area contributed by atoms with Crippen LogP contribution in [0, 0.1) is 13.8 Å². The Hall–Kier alpha value is -2.02. The number of aryl methyl sites for hydroxylation is 2. The summed E-state index contributed by atoms with van der Waals surface area (Å²) < 4.78 is 0. The topological polar surface area (TPSA) is 20.2 Å². The van der Waals surface area contributed by atoms with Crippen LogP contribution in [0.1, 0.15) is 16.7 Å². The van der Waals surface area contributed by atoms with Crippen LogP contribution >= 0.6 is 0 Å². The first kappa shape index (κ1) is 11.5. The van der Waals surface area contributed by atoms with Crippen LogP contribution in [0.15, 0.2) is 43.0 Å². The lowest BCUT2D eigenvalue weighted by Gasteiger charge is -2.09. The molecular weight excluding hydrogens is 208 g/mol. The lowest BCUT2D eigenvalue weighted by atomic mass is 9.97. The minimum atomic E-state index is 0.356. The SMILES string of the molecule is C=Cc1ccc(-c2cc(C)c(O)cc2C)cc1. The second kappa shape index (κ2) is 4.46. The van der Waals surface area contributed by atoms with E-state index in [4.69, 9.17) is 0 Å². The zero-order valence-corrected chi connectivity index (χ0v) is 10.2. The van der Waals surface area contributed by atoms with Gasteiger partial charge in [-0.15, -0.1) is 0 Å². The summed E-state index contributed by atoms with van der Waals surface area (Å²) in [6.07, 6.45) is 1.83. The molecule has 0 aliphatic heterocycles. The van der Waals surface area contributed by atoms with Gasteiger partial charge in [0.2, 0.25) is 0 Å². The summed E-state index contributed by atoms with van der Waals surface area (Å²) in [5, 5.41) is 9.64. The molecule has 0 fully saturated rings. The molecule has 1 heteroatoms. The van der Waals surface area contributed by atoms with Gasteiger partial charge in [-0.3, -0.25) is 0 Å². The van der Waals surface area contributed by atoms with Crippen LogP contribution in [0.4, 0.5) is 0 Å². The zero-order valence-electron chi connectivity index (χ0n) is 10.2. The number of hydrogen-bond donors (Lipinski definition) is 1. The lowest BCUT2D eigenvalue weighted by Crippen LogP contribution is -1.86. The van der Waals surface area contributed by atoms with E-state index in [1.54, 1.807) is 0 Å². The van der Waals surface area contributed by atoms with Crippen LogP contribution < -0.4 is 0 Å². The van der Waals surface area contributed by atoms with Crippen LogP contribution in [-0.2, 0) is 0 Å². The smallest absolute Gasteiger partial charge is 0.118 e. The van der Waals surface area contributed by atoms with E-state index in [1.807, 2.05) is 44.2 Å². The zero-order chi connectivity index (χ0) is 12.4. The number of phenolic OH excluding ortho intramolecular Hbond substituents is 1. The molecule has 0 saturated carbocycles. The molecule has 0 aromatic heterocycles. The van der Waals surface area contributed by atoms with Gasteiger partial charge < -0.3 is 5.11 Å². The second-order valence-electron chi connectivity index (χ2n) is 4.28. The van der Waals surface area contributed by atoms with Crippen molar-refractivity contribution < 1.29 is 5.11 Å². The van der Waals surface area contributed by atoms with Gasteiger partial charge in [0.25, 0.3) is 0 Å². The Kier molecular flexibility index (Phi) is 3.01. The number of rotatable bonds is 2. The molecule has 0 heterocycles. The van der Waals surface area contributed by atoms with Gasteiger partial charge in [-0.2, -0.15) is 0 Å². The highest BCUT2D eigenvalue weighted by Gasteiger charge is 2.05. The summed E-state index contributed by atoms with van der Waals surface area (Å²) >= 11 is 0. The van der Waals surface area contributed by atoms with Gasteiger partial charge in [0.15, 0.2) is 0 Å². The summed E-state index contributed by atoms with van der Waals surface area (Å²) in [4.78, 5) is 0. The highest BCUT2D eigenvalue weighted by Crippen LogP contribution is 2.29. The Balaban J connectivity index is 2.52. The molecule has 17 heavy (non-hydrogen) atoms. The average molecular weight is 224 g/mol. The van der Waals surface area contributed by atoms with Crippen LogP contribution in [0.25, 0.3) is 17.2 Å². The first-order valence-electron chi connectivity index (χ1n) is 5.65. The molecule has 0 saturated heterocycles. The van der Waals surface area contributed by atoms with Gasteiger partial charge in [0, 0.05) is 0 Å². The normalized spacial score (nSPS) is 10.2.